The molecule has 1 aliphatic rings. The summed E-state index contributed by atoms with van der Waals surface area (Å²) in [7, 11) is 1.62. The van der Waals surface area contributed by atoms with Crippen LogP contribution in [0.3, 0.4) is 0 Å². The topological polar surface area (TPSA) is 58.6 Å². The quantitative estimate of drug-likeness (QED) is 0.871. The lowest BCUT2D eigenvalue weighted by atomic mass is 9.83. The van der Waals surface area contributed by atoms with Gasteiger partial charge in [-0.15, -0.1) is 0 Å². The fraction of sp³-hybridized carbons (Fsp3) is 0.579. The summed E-state index contributed by atoms with van der Waals surface area (Å²) in [4.78, 5) is 26.9. The standard InChI is InChI=1S/C19H28N2O3/c1-5-21-17(22)11-10-16(19(23)20-12-13(2)3)18(21)14-6-8-15(24-4)9-7-14/h6-9,13,16,18H,5,10-12H2,1-4H3,(H,20,23)/t16-,18+/m1/s1. The molecule has 0 aromatic heterocycles. The third kappa shape index (κ3) is 4.08. The average Bonchev–Trinajstić information content (AvgIpc) is 2.59. The first-order valence-corrected chi connectivity index (χ1v) is 8.69. The predicted octanol–water partition coefficient (Wildman–Crippen LogP) is 2.77. The van der Waals surface area contributed by atoms with Gasteiger partial charge in [0.15, 0.2) is 0 Å². The molecule has 0 bridgehead atoms. The van der Waals surface area contributed by atoms with Gasteiger partial charge in [-0.05, 0) is 37.0 Å². The summed E-state index contributed by atoms with van der Waals surface area (Å²) in [6.07, 6.45) is 1.02. The van der Waals surface area contributed by atoms with Crippen molar-refractivity contribution in [1.29, 1.82) is 0 Å². The number of methoxy groups -OCH3 is 1. The highest BCUT2D eigenvalue weighted by atomic mass is 16.5. The summed E-state index contributed by atoms with van der Waals surface area (Å²) >= 11 is 0. The molecule has 1 saturated heterocycles. The smallest absolute Gasteiger partial charge is 0.225 e. The van der Waals surface area contributed by atoms with E-state index < -0.39 is 0 Å². The van der Waals surface area contributed by atoms with Crippen molar-refractivity contribution >= 4 is 11.8 Å². The molecule has 1 N–H and O–H groups in total. The summed E-state index contributed by atoms with van der Waals surface area (Å²) in [5.41, 5.74) is 0.982. The molecule has 24 heavy (non-hydrogen) atoms. The second-order valence-corrected chi connectivity index (χ2v) is 6.68. The molecule has 0 radical (unpaired) electrons. The highest BCUT2D eigenvalue weighted by Gasteiger charge is 2.39. The Morgan fingerprint density at radius 2 is 2.00 bits per heavy atom. The van der Waals surface area contributed by atoms with Gasteiger partial charge < -0.3 is 15.0 Å². The van der Waals surface area contributed by atoms with Crippen LogP contribution in [0.2, 0.25) is 0 Å². The first-order valence-electron chi connectivity index (χ1n) is 8.69. The number of benzene rings is 1. The molecule has 1 aromatic carbocycles. The number of rotatable bonds is 6. The van der Waals surface area contributed by atoms with Crippen LogP contribution >= 0.6 is 0 Å². The Hall–Kier alpha value is -2.04. The van der Waals surface area contributed by atoms with Crippen LogP contribution in [-0.2, 0) is 9.59 Å². The molecule has 2 atom stereocenters. The number of likely N-dealkylation sites (tertiary alicyclic amines) is 1. The van der Waals surface area contributed by atoms with E-state index in [1.165, 1.54) is 0 Å². The summed E-state index contributed by atoms with van der Waals surface area (Å²) < 4.78 is 5.21. The van der Waals surface area contributed by atoms with Crippen molar-refractivity contribution in [2.75, 3.05) is 20.2 Å². The van der Waals surface area contributed by atoms with E-state index in [9.17, 15) is 9.59 Å². The van der Waals surface area contributed by atoms with Crippen LogP contribution in [0, 0.1) is 11.8 Å². The molecule has 1 fully saturated rings. The van der Waals surface area contributed by atoms with Crippen LogP contribution in [0.1, 0.15) is 45.2 Å². The van der Waals surface area contributed by atoms with Gasteiger partial charge in [0, 0.05) is 19.5 Å². The van der Waals surface area contributed by atoms with Gasteiger partial charge in [-0.3, -0.25) is 9.59 Å². The molecule has 1 aromatic rings. The molecule has 1 aliphatic heterocycles. The summed E-state index contributed by atoms with van der Waals surface area (Å²) in [6, 6.07) is 7.45. The summed E-state index contributed by atoms with van der Waals surface area (Å²) in [5.74, 6) is 1.11. The van der Waals surface area contributed by atoms with E-state index in [4.69, 9.17) is 4.74 Å². The minimum Gasteiger partial charge on any atom is -0.497 e. The van der Waals surface area contributed by atoms with E-state index in [1.807, 2.05) is 36.1 Å². The summed E-state index contributed by atoms with van der Waals surface area (Å²) in [5, 5.41) is 3.03. The van der Waals surface area contributed by atoms with Gasteiger partial charge in [0.1, 0.15) is 5.75 Å². The molecule has 0 unspecified atom stereocenters. The fourth-order valence-electron chi connectivity index (χ4n) is 3.25. The van der Waals surface area contributed by atoms with E-state index in [0.29, 0.717) is 31.8 Å². The second kappa shape index (κ2) is 8.18. The molecular formula is C19H28N2O3. The fourth-order valence-corrected chi connectivity index (χ4v) is 3.25. The Balaban J connectivity index is 2.28. The molecule has 0 aliphatic carbocycles. The van der Waals surface area contributed by atoms with Crippen LogP contribution in [0.15, 0.2) is 24.3 Å². The highest BCUT2D eigenvalue weighted by molar-refractivity contribution is 5.85. The lowest BCUT2D eigenvalue weighted by Gasteiger charge is -2.40. The molecule has 2 amide bonds. The highest BCUT2D eigenvalue weighted by Crippen LogP contribution is 2.37. The maximum Gasteiger partial charge on any atom is 0.225 e. The molecule has 5 nitrogen and oxygen atoms in total. The van der Waals surface area contributed by atoms with Crippen LogP contribution in [0.5, 0.6) is 5.75 Å². The zero-order valence-electron chi connectivity index (χ0n) is 15.0. The first kappa shape index (κ1) is 18.3. The van der Waals surface area contributed by atoms with Crippen molar-refractivity contribution in [2.45, 2.75) is 39.7 Å². The number of carbonyl (C=O) groups excluding carboxylic acids is 2. The Morgan fingerprint density at radius 3 is 2.54 bits per heavy atom. The zero-order chi connectivity index (χ0) is 17.7. The molecule has 0 saturated carbocycles. The SMILES string of the molecule is CCN1C(=O)CC[C@@H](C(=O)NCC(C)C)[C@@H]1c1ccc(OC)cc1. The van der Waals surface area contributed by atoms with Crippen LogP contribution in [0.4, 0.5) is 0 Å². The minimum absolute atomic E-state index is 0.0375. The van der Waals surface area contributed by atoms with E-state index in [0.717, 1.165) is 11.3 Å². The molecule has 5 heteroatoms. The van der Waals surface area contributed by atoms with Gasteiger partial charge >= 0.3 is 0 Å². The lowest BCUT2D eigenvalue weighted by Crippen LogP contribution is -2.48. The predicted molar refractivity (Wildman–Crippen MR) is 93.7 cm³/mol. The van der Waals surface area contributed by atoms with Gasteiger partial charge in [0.05, 0.1) is 19.1 Å². The number of nitrogens with zero attached hydrogens (tertiary/aromatic N) is 1. The van der Waals surface area contributed by atoms with Crippen molar-refractivity contribution < 1.29 is 14.3 Å². The lowest BCUT2D eigenvalue weighted by molar-refractivity contribution is -0.143. The average molecular weight is 332 g/mol. The normalized spacial score (nSPS) is 21.0. The number of carbonyl (C=O) groups is 2. The monoisotopic (exact) mass is 332 g/mol. The van der Waals surface area contributed by atoms with Gasteiger partial charge in [0.2, 0.25) is 11.8 Å². The molecule has 132 valence electrons. The largest absolute Gasteiger partial charge is 0.497 e. The van der Waals surface area contributed by atoms with Crippen LogP contribution in [0.25, 0.3) is 0 Å². The van der Waals surface area contributed by atoms with Crippen molar-refractivity contribution in [3.8, 4) is 5.75 Å². The number of hydrogen-bond acceptors (Lipinski definition) is 3. The minimum atomic E-state index is -0.214. The van der Waals surface area contributed by atoms with Crippen molar-refractivity contribution in [1.82, 2.24) is 10.2 Å². The van der Waals surface area contributed by atoms with Crippen molar-refractivity contribution in [2.24, 2.45) is 11.8 Å². The molecule has 2 rings (SSSR count). The Bertz CT molecular complexity index is 568. The van der Waals surface area contributed by atoms with Gasteiger partial charge in [-0.25, -0.2) is 0 Å². The Morgan fingerprint density at radius 1 is 1.33 bits per heavy atom. The van der Waals surface area contributed by atoms with Crippen molar-refractivity contribution in [3.63, 3.8) is 0 Å². The number of piperidine rings is 1. The van der Waals surface area contributed by atoms with Gasteiger partial charge in [-0.1, -0.05) is 26.0 Å². The van der Waals surface area contributed by atoms with Gasteiger partial charge in [0.25, 0.3) is 0 Å². The third-order valence-corrected chi connectivity index (χ3v) is 4.53. The van der Waals surface area contributed by atoms with Gasteiger partial charge in [-0.2, -0.15) is 0 Å². The Kier molecular flexibility index (Phi) is 6.23. The van der Waals surface area contributed by atoms with E-state index in [1.54, 1.807) is 7.11 Å². The molecule has 0 spiro atoms. The van der Waals surface area contributed by atoms with E-state index in [2.05, 4.69) is 19.2 Å². The number of hydrogen-bond donors (Lipinski definition) is 1. The van der Waals surface area contributed by atoms with E-state index in [-0.39, 0.29) is 23.8 Å². The Labute approximate surface area is 144 Å². The first-order chi connectivity index (χ1) is 11.5. The third-order valence-electron chi connectivity index (χ3n) is 4.53. The second-order valence-electron chi connectivity index (χ2n) is 6.68. The van der Waals surface area contributed by atoms with E-state index >= 15 is 0 Å². The number of ether oxygens (including phenoxy) is 1. The summed E-state index contributed by atoms with van der Waals surface area (Å²) in [6.45, 7) is 7.37. The maximum absolute atomic E-state index is 12.7. The number of amides is 2. The van der Waals surface area contributed by atoms with Crippen LogP contribution < -0.4 is 10.1 Å². The molecule has 1 heterocycles. The van der Waals surface area contributed by atoms with Crippen LogP contribution in [-0.4, -0.2) is 36.9 Å². The maximum atomic E-state index is 12.7. The molecular weight excluding hydrogens is 304 g/mol. The zero-order valence-corrected chi connectivity index (χ0v) is 15.0. The van der Waals surface area contributed by atoms with Crippen molar-refractivity contribution in [3.05, 3.63) is 29.8 Å². The number of nitrogens with one attached hydrogen (secondary N) is 1.